The van der Waals surface area contributed by atoms with Crippen molar-refractivity contribution in [1.29, 1.82) is 0 Å². The van der Waals surface area contributed by atoms with Crippen molar-refractivity contribution < 1.29 is 4.79 Å². The first-order chi connectivity index (χ1) is 8.65. The van der Waals surface area contributed by atoms with Crippen LogP contribution in [-0.4, -0.2) is 18.5 Å². The Kier molecular flexibility index (Phi) is 4.66. The van der Waals surface area contributed by atoms with Crippen molar-refractivity contribution in [2.24, 2.45) is 17.1 Å². The predicted octanol–water partition coefficient (Wildman–Crippen LogP) is 2.59. The van der Waals surface area contributed by atoms with Crippen molar-refractivity contribution in [3.63, 3.8) is 0 Å². The molecule has 2 aliphatic carbocycles. The summed E-state index contributed by atoms with van der Waals surface area (Å²) in [5.74, 6) is 0.913. The number of carbonyl (C=O) groups is 1. The van der Waals surface area contributed by atoms with E-state index in [0.717, 1.165) is 12.8 Å². The van der Waals surface area contributed by atoms with Gasteiger partial charge in [-0.05, 0) is 50.5 Å². The molecule has 0 aromatic rings. The molecule has 0 bridgehead atoms. The Labute approximate surface area is 111 Å². The molecule has 0 radical (unpaired) electrons. The highest BCUT2D eigenvalue weighted by Gasteiger charge is 2.37. The summed E-state index contributed by atoms with van der Waals surface area (Å²) in [6.07, 6.45) is 10.7. The van der Waals surface area contributed by atoms with Crippen molar-refractivity contribution >= 4 is 5.91 Å². The molecule has 1 atom stereocenters. The summed E-state index contributed by atoms with van der Waals surface area (Å²) in [5.41, 5.74) is 5.95. The number of nitrogens with one attached hydrogen (secondary N) is 1. The minimum atomic E-state index is 0.135. The summed E-state index contributed by atoms with van der Waals surface area (Å²) in [5, 5.41) is 3.21. The quantitative estimate of drug-likeness (QED) is 0.790. The number of amides is 1. The highest BCUT2D eigenvalue weighted by atomic mass is 16.1. The van der Waals surface area contributed by atoms with Gasteiger partial charge in [0.05, 0.1) is 0 Å². The van der Waals surface area contributed by atoms with E-state index in [1.165, 1.54) is 38.5 Å². The average Bonchev–Trinajstić information content (AvgIpc) is 2.35. The molecule has 1 amide bonds. The lowest BCUT2D eigenvalue weighted by Gasteiger charge is -2.41. The Balaban J connectivity index is 1.76. The fourth-order valence-electron chi connectivity index (χ4n) is 3.53. The number of rotatable bonds is 5. The molecule has 0 aromatic carbocycles. The summed E-state index contributed by atoms with van der Waals surface area (Å²) in [4.78, 5) is 12.1. The Morgan fingerprint density at radius 1 is 1.28 bits per heavy atom. The van der Waals surface area contributed by atoms with Gasteiger partial charge in [0.2, 0.25) is 5.91 Å². The van der Waals surface area contributed by atoms with Gasteiger partial charge in [0.25, 0.3) is 0 Å². The first kappa shape index (κ1) is 13.9. The summed E-state index contributed by atoms with van der Waals surface area (Å²) in [6, 6.07) is 0.340. The fourth-order valence-corrected chi connectivity index (χ4v) is 3.53. The van der Waals surface area contributed by atoms with Crippen LogP contribution < -0.4 is 11.1 Å². The molecule has 0 unspecified atom stereocenters. The van der Waals surface area contributed by atoms with E-state index in [9.17, 15) is 4.79 Å². The van der Waals surface area contributed by atoms with Gasteiger partial charge in [0, 0.05) is 12.5 Å². The standard InChI is InChI=1S/C15H28N2O/c1-12(13-6-3-2-4-7-13)17-14(18)10-15(11-16)8-5-9-15/h12-13H,2-11,16H2,1H3,(H,17,18)/t12-/m0/s1. The lowest BCUT2D eigenvalue weighted by Crippen LogP contribution is -2.45. The molecular formula is C15H28N2O. The summed E-state index contributed by atoms with van der Waals surface area (Å²) >= 11 is 0. The third-order valence-corrected chi connectivity index (χ3v) is 5.13. The zero-order valence-electron chi connectivity index (χ0n) is 11.7. The normalized spacial score (nSPS) is 25.2. The average molecular weight is 252 g/mol. The Hall–Kier alpha value is -0.570. The topological polar surface area (TPSA) is 55.1 Å². The van der Waals surface area contributed by atoms with Crippen LogP contribution in [0.1, 0.15) is 64.7 Å². The molecule has 0 heterocycles. The third-order valence-electron chi connectivity index (χ3n) is 5.13. The molecule has 3 N–H and O–H groups in total. The SMILES string of the molecule is C[C@H](NC(=O)CC1(CN)CCC1)C1CCCCC1. The minimum Gasteiger partial charge on any atom is -0.353 e. The molecule has 2 saturated carbocycles. The molecule has 3 heteroatoms. The lowest BCUT2D eigenvalue weighted by molar-refractivity contribution is -0.125. The molecule has 2 fully saturated rings. The van der Waals surface area contributed by atoms with Gasteiger partial charge >= 0.3 is 0 Å². The van der Waals surface area contributed by atoms with Crippen LogP contribution >= 0.6 is 0 Å². The Bertz CT molecular complexity index is 275. The Morgan fingerprint density at radius 2 is 1.94 bits per heavy atom. The summed E-state index contributed by atoms with van der Waals surface area (Å²) in [6.45, 7) is 2.84. The largest absolute Gasteiger partial charge is 0.353 e. The van der Waals surface area contributed by atoms with E-state index < -0.39 is 0 Å². The maximum Gasteiger partial charge on any atom is 0.220 e. The van der Waals surface area contributed by atoms with Gasteiger partial charge < -0.3 is 11.1 Å². The van der Waals surface area contributed by atoms with E-state index in [-0.39, 0.29) is 11.3 Å². The van der Waals surface area contributed by atoms with E-state index in [1.54, 1.807) is 0 Å². The second kappa shape index (κ2) is 6.05. The third kappa shape index (κ3) is 3.25. The van der Waals surface area contributed by atoms with Crippen LogP contribution in [-0.2, 0) is 4.79 Å². The number of hydrogen-bond acceptors (Lipinski definition) is 2. The van der Waals surface area contributed by atoms with Gasteiger partial charge in [0.1, 0.15) is 0 Å². The van der Waals surface area contributed by atoms with Crippen molar-refractivity contribution in [3.8, 4) is 0 Å². The van der Waals surface area contributed by atoms with E-state index >= 15 is 0 Å². The monoisotopic (exact) mass is 252 g/mol. The Morgan fingerprint density at radius 3 is 2.44 bits per heavy atom. The van der Waals surface area contributed by atoms with Gasteiger partial charge in [-0.15, -0.1) is 0 Å². The zero-order chi connectivity index (χ0) is 13.0. The fraction of sp³-hybridized carbons (Fsp3) is 0.933. The summed E-state index contributed by atoms with van der Waals surface area (Å²) in [7, 11) is 0. The molecule has 2 aliphatic rings. The highest BCUT2D eigenvalue weighted by molar-refractivity contribution is 5.77. The predicted molar refractivity (Wildman–Crippen MR) is 74.1 cm³/mol. The lowest BCUT2D eigenvalue weighted by atomic mass is 9.66. The molecule has 18 heavy (non-hydrogen) atoms. The van der Waals surface area contributed by atoms with E-state index in [4.69, 9.17) is 5.73 Å². The molecule has 0 saturated heterocycles. The number of carbonyl (C=O) groups excluding carboxylic acids is 1. The van der Waals surface area contributed by atoms with E-state index in [0.29, 0.717) is 24.9 Å². The first-order valence-electron chi connectivity index (χ1n) is 7.65. The van der Waals surface area contributed by atoms with Gasteiger partial charge in [-0.1, -0.05) is 25.7 Å². The molecular weight excluding hydrogens is 224 g/mol. The van der Waals surface area contributed by atoms with Gasteiger partial charge in [-0.2, -0.15) is 0 Å². The smallest absolute Gasteiger partial charge is 0.220 e. The van der Waals surface area contributed by atoms with Crippen molar-refractivity contribution in [1.82, 2.24) is 5.32 Å². The van der Waals surface area contributed by atoms with E-state index in [2.05, 4.69) is 12.2 Å². The number of hydrogen-bond donors (Lipinski definition) is 2. The van der Waals surface area contributed by atoms with Crippen LogP contribution in [0.5, 0.6) is 0 Å². The molecule has 3 nitrogen and oxygen atoms in total. The van der Waals surface area contributed by atoms with Crippen LogP contribution in [0.2, 0.25) is 0 Å². The molecule has 104 valence electrons. The maximum atomic E-state index is 12.1. The highest BCUT2D eigenvalue weighted by Crippen LogP contribution is 2.42. The zero-order valence-corrected chi connectivity index (χ0v) is 11.7. The van der Waals surface area contributed by atoms with Crippen LogP contribution in [0, 0.1) is 11.3 Å². The van der Waals surface area contributed by atoms with Crippen molar-refractivity contribution in [2.45, 2.75) is 70.8 Å². The van der Waals surface area contributed by atoms with Crippen LogP contribution in [0.4, 0.5) is 0 Å². The van der Waals surface area contributed by atoms with E-state index in [1.807, 2.05) is 0 Å². The van der Waals surface area contributed by atoms with Gasteiger partial charge in [-0.3, -0.25) is 4.79 Å². The second-order valence-electron chi connectivity index (χ2n) is 6.49. The van der Waals surface area contributed by atoms with Crippen molar-refractivity contribution in [2.75, 3.05) is 6.54 Å². The maximum absolute atomic E-state index is 12.1. The van der Waals surface area contributed by atoms with Crippen LogP contribution in [0.15, 0.2) is 0 Å². The molecule has 0 aromatic heterocycles. The van der Waals surface area contributed by atoms with Crippen molar-refractivity contribution in [3.05, 3.63) is 0 Å². The van der Waals surface area contributed by atoms with Gasteiger partial charge in [-0.25, -0.2) is 0 Å². The second-order valence-corrected chi connectivity index (χ2v) is 6.49. The molecule has 0 spiro atoms. The molecule has 0 aliphatic heterocycles. The minimum absolute atomic E-state index is 0.135. The van der Waals surface area contributed by atoms with Crippen LogP contribution in [0.25, 0.3) is 0 Å². The van der Waals surface area contributed by atoms with Gasteiger partial charge in [0.15, 0.2) is 0 Å². The number of nitrogens with two attached hydrogens (primary N) is 1. The molecule has 2 rings (SSSR count). The summed E-state index contributed by atoms with van der Waals surface area (Å²) < 4.78 is 0. The first-order valence-corrected chi connectivity index (χ1v) is 7.65. The van der Waals surface area contributed by atoms with Crippen LogP contribution in [0.3, 0.4) is 0 Å².